The second kappa shape index (κ2) is 3.08. The summed E-state index contributed by atoms with van der Waals surface area (Å²) in [5, 5.41) is 23.2. The molecule has 9 rings (SSSR count). The van der Waals surface area contributed by atoms with Crippen LogP contribution in [0.1, 0.15) is 45.4 Å². The third-order valence-electron chi connectivity index (χ3n) is 10.2. The van der Waals surface area contributed by atoms with Crippen molar-refractivity contribution in [2.24, 2.45) is 39.9 Å². The maximum Gasteiger partial charge on any atom is 0.123 e. The van der Waals surface area contributed by atoms with Gasteiger partial charge in [0.25, 0.3) is 0 Å². The van der Waals surface area contributed by atoms with Gasteiger partial charge < -0.3 is 10.2 Å². The average Bonchev–Trinajstić information content (AvgIpc) is 2.81. The second-order valence-corrected chi connectivity index (χ2v) is 10.7. The predicted molar refractivity (Wildman–Crippen MR) is 85.2 cm³/mol. The van der Waals surface area contributed by atoms with Gasteiger partial charge in [-0.15, -0.1) is 0 Å². The molecule has 124 valence electrons. The lowest BCUT2D eigenvalue weighted by molar-refractivity contribution is -0.246. The second-order valence-electron chi connectivity index (χ2n) is 10.7. The fourth-order valence-electron chi connectivity index (χ4n) is 10.6. The summed E-state index contributed by atoms with van der Waals surface area (Å²) < 4.78 is 0. The third kappa shape index (κ3) is 0.910. The summed E-state index contributed by atoms with van der Waals surface area (Å²) in [4.78, 5) is 2.56. The van der Waals surface area contributed by atoms with E-state index in [-0.39, 0.29) is 22.3 Å². The van der Waals surface area contributed by atoms with Gasteiger partial charge in [-0.3, -0.25) is 4.90 Å². The van der Waals surface area contributed by atoms with Crippen molar-refractivity contribution in [3.8, 4) is 0 Å². The van der Waals surface area contributed by atoms with Crippen molar-refractivity contribution in [3.05, 3.63) is 12.2 Å². The van der Waals surface area contributed by atoms with Gasteiger partial charge in [-0.05, 0) is 60.2 Å². The fourth-order valence-corrected chi connectivity index (χ4v) is 10.6. The highest BCUT2D eigenvalue weighted by atomic mass is 16.3. The molecule has 0 aromatic carbocycles. The number of nitrogens with zero attached hydrogens (tertiary/aromatic N) is 1. The minimum atomic E-state index is -0.572. The molecule has 3 nitrogen and oxygen atoms in total. The van der Waals surface area contributed by atoms with Gasteiger partial charge in [0.2, 0.25) is 0 Å². The summed E-state index contributed by atoms with van der Waals surface area (Å²) in [6, 6.07) is 0.553. The van der Waals surface area contributed by atoms with Crippen LogP contribution in [0.15, 0.2) is 12.2 Å². The van der Waals surface area contributed by atoms with Crippen LogP contribution in [-0.2, 0) is 0 Å². The molecule has 6 aliphatic carbocycles. The van der Waals surface area contributed by atoms with E-state index < -0.39 is 5.72 Å². The zero-order valence-electron chi connectivity index (χ0n) is 14.0. The van der Waals surface area contributed by atoms with E-state index >= 15 is 0 Å². The monoisotopic (exact) mass is 313 g/mol. The summed E-state index contributed by atoms with van der Waals surface area (Å²) in [6.45, 7) is 7.87. The average molecular weight is 313 g/mol. The van der Waals surface area contributed by atoms with Gasteiger partial charge in [0.1, 0.15) is 5.72 Å². The Hall–Kier alpha value is -0.380. The normalized spacial score (nSPS) is 75.6. The van der Waals surface area contributed by atoms with E-state index in [2.05, 4.69) is 18.4 Å². The number of fused-ring (bicyclic) bond motifs is 1. The van der Waals surface area contributed by atoms with E-state index in [4.69, 9.17) is 0 Å². The van der Waals surface area contributed by atoms with Gasteiger partial charge in [-0.2, -0.15) is 0 Å². The quantitative estimate of drug-likeness (QED) is 0.674. The largest absolute Gasteiger partial charge is 0.392 e. The highest BCUT2D eigenvalue weighted by Gasteiger charge is 2.91. The van der Waals surface area contributed by atoms with Gasteiger partial charge >= 0.3 is 0 Å². The van der Waals surface area contributed by atoms with Crippen molar-refractivity contribution in [3.63, 3.8) is 0 Å². The summed E-state index contributed by atoms with van der Waals surface area (Å²) in [7, 11) is 0. The van der Waals surface area contributed by atoms with Crippen molar-refractivity contribution in [1.29, 1.82) is 0 Å². The molecule has 2 spiro atoms. The van der Waals surface area contributed by atoms with Gasteiger partial charge in [0, 0.05) is 24.4 Å². The van der Waals surface area contributed by atoms with Crippen LogP contribution in [0.4, 0.5) is 0 Å². The maximum atomic E-state index is 11.8. The molecule has 9 aliphatic rings. The fraction of sp³-hybridized carbons (Fsp3) is 0.900. The van der Waals surface area contributed by atoms with Crippen LogP contribution in [0.25, 0.3) is 0 Å². The minimum absolute atomic E-state index is 0.167. The van der Waals surface area contributed by atoms with E-state index in [0.717, 1.165) is 25.8 Å². The Labute approximate surface area is 137 Å². The molecule has 11 unspecified atom stereocenters. The molecule has 9 fully saturated rings. The molecule has 3 heterocycles. The molecule has 0 radical (unpaired) electrons. The molecule has 23 heavy (non-hydrogen) atoms. The van der Waals surface area contributed by atoms with Crippen molar-refractivity contribution in [2.45, 2.75) is 63.3 Å². The summed E-state index contributed by atoms with van der Waals surface area (Å²) in [6.07, 6.45) is 6.75. The highest BCUT2D eigenvalue weighted by molar-refractivity contribution is 5.42. The molecule has 0 aromatic heterocycles. The lowest BCUT2D eigenvalue weighted by Gasteiger charge is -2.66. The Morgan fingerprint density at radius 1 is 1.30 bits per heavy atom. The van der Waals surface area contributed by atoms with E-state index in [0.29, 0.717) is 29.7 Å². The zero-order valence-corrected chi connectivity index (χ0v) is 14.0. The van der Waals surface area contributed by atoms with Crippen LogP contribution < -0.4 is 0 Å². The SMILES string of the molecule is C=C1CC23CC4(O)C5C6(C)CCCC57C(C2CC1C(O)C37)N4C6. The Morgan fingerprint density at radius 3 is 2.96 bits per heavy atom. The van der Waals surface area contributed by atoms with Crippen LogP contribution in [0.2, 0.25) is 0 Å². The summed E-state index contributed by atoms with van der Waals surface area (Å²) >= 11 is 0. The Morgan fingerprint density at radius 2 is 2.13 bits per heavy atom. The van der Waals surface area contributed by atoms with Crippen LogP contribution in [0, 0.1) is 39.9 Å². The molecule has 3 saturated heterocycles. The summed E-state index contributed by atoms with van der Waals surface area (Å²) in [5.41, 5.74) is 1.36. The first kappa shape index (κ1) is 12.9. The van der Waals surface area contributed by atoms with E-state index in [9.17, 15) is 10.2 Å². The number of aliphatic hydroxyl groups excluding tert-OH is 1. The van der Waals surface area contributed by atoms with E-state index in [1.165, 1.54) is 24.8 Å². The number of hydrogen-bond donors (Lipinski definition) is 2. The maximum absolute atomic E-state index is 11.8. The van der Waals surface area contributed by atoms with Crippen LogP contribution in [0.3, 0.4) is 0 Å². The van der Waals surface area contributed by atoms with Gasteiger partial charge in [0.15, 0.2) is 0 Å². The number of rotatable bonds is 0. The smallest absolute Gasteiger partial charge is 0.123 e. The molecule has 0 amide bonds. The molecule has 2 N–H and O–H groups in total. The molecule has 9 bridgehead atoms. The first-order valence-corrected chi connectivity index (χ1v) is 9.73. The summed E-state index contributed by atoms with van der Waals surface area (Å²) in [5.74, 6) is 1.89. The van der Waals surface area contributed by atoms with Crippen molar-refractivity contribution >= 4 is 0 Å². The Kier molecular flexibility index (Phi) is 1.73. The van der Waals surface area contributed by atoms with Gasteiger partial charge in [-0.1, -0.05) is 25.5 Å². The van der Waals surface area contributed by atoms with E-state index in [1.807, 2.05) is 0 Å². The standard InChI is InChI=1S/C20H27NO2/c1-10-7-18-8-20(23)16-17(2)4-3-5-19(16)14(18)13(22)11(10)6-12(18)15(19)21(20)9-17/h11-16,22-23H,1,3-9H2,2H3. The van der Waals surface area contributed by atoms with Crippen LogP contribution in [-0.4, -0.2) is 39.5 Å². The molecule has 6 saturated carbocycles. The lowest BCUT2D eigenvalue weighted by atomic mass is 9.39. The Balaban J connectivity index is 1.56. The van der Waals surface area contributed by atoms with E-state index in [1.54, 1.807) is 0 Å². The molecule has 3 aliphatic heterocycles. The molecule has 3 heteroatoms. The van der Waals surface area contributed by atoms with Gasteiger partial charge in [0.05, 0.1) is 6.10 Å². The van der Waals surface area contributed by atoms with Gasteiger partial charge in [-0.25, -0.2) is 0 Å². The van der Waals surface area contributed by atoms with Crippen molar-refractivity contribution in [1.82, 2.24) is 4.90 Å². The Bertz CT molecular complexity index is 691. The number of aliphatic hydroxyl groups is 2. The molecular formula is C20H27NO2. The van der Waals surface area contributed by atoms with Crippen molar-refractivity contribution in [2.75, 3.05) is 6.54 Å². The molecular weight excluding hydrogens is 286 g/mol. The highest BCUT2D eigenvalue weighted by Crippen LogP contribution is 2.88. The third-order valence-corrected chi connectivity index (χ3v) is 10.2. The number of piperidine rings is 2. The first-order chi connectivity index (χ1) is 10.9. The topological polar surface area (TPSA) is 43.7 Å². The molecule has 11 atom stereocenters. The van der Waals surface area contributed by atoms with Crippen molar-refractivity contribution < 1.29 is 10.2 Å². The lowest BCUT2D eigenvalue weighted by Crippen LogP contribution is -2.67. The number of hydrogen-bond acceptors (Lipinski definition) is 3. The molecule has 0 aromatic rings. The predicted octanol–water partition coefficient (Wildman–Crippen LogP) is 2.14. The van der Waals surface area contributed by atoms with Crippen LogP contribution >= 0.6 is 0 Å². The minimum Gasteiger partial charge on any atom is -0.392 e. The van der Waals surface area contributed by atoms with Crippen LogP contribution in [0.5, 0.6) is 0 Å². The first-order valence-electron chi connectivity index (χ1n) is 9.73. The zero-order chi connectivity index (χ0) is 15.6.